The Hall–Kier alpha value is -2.48. The smallest absolute Gasteiger partial charge is 0.152 e. The standard InChI is InChI=1S/C22H28N6S/c1-2-3-4-18-27-19-20(21-17(9-12-29-21)26-22(19)24)28(18)14-16-7-5-15(6-8-16)13-25-11-10-23/h5-9,12,25H,2-4,10-11,13-14,23H2,1H3,(H2,24,26). The van der Waals surface area contributed by atoms with Gasteiger partial charge in [0.25, 0.3) is 0 Å². The Labute approximate surface area is 174 Å². The van der Waals surface area contributed by atoms with Gasteiger partial charge in [0, 0.05) is 32.6 Å². The number of nitrogens with two attached hydrogens (primary N) is 2. The van der Waals surface area contributed by atoms with Crippen LogP contribution < -0.4 is 16.8 Å². The minimum absolute atomic E-state index is 0.517. The van der Waals surface area contributed by atoms with E-state index >= 15 is 0 Å². The fraction of sp³-hybridized carbons (Fsp3) is 0.364. The number of anilines is 1. The third-order valence-corrected chi connectivity index (χ3v) is 6.07. The molecule has 0 aliphatic heterocycles. The molecule has 29 heavy (non-hydrogen) atoms. The van der Waals surface area contributed by atoms with Gasteiger partial charge >= 0.3 is 0 Å². The summed E-state index contributed by atoms with van der Waals surface area (Å²) in [6, 6.07) is 10.8. The Bertz CT molecular complexity index is 1100. The predicted octanol–water partition coefficient (Wildman–Crippen LogP) is 3.67. The van der Waals surface area contributed by atoms with Crippen LogP contribution in [0, 0.1) is 0 Å². The number of fused-ring (bicyclic) bond motifs is 3. The molecule has 4 rings (SSSR count). The average Bonchev–Trinajstić information content (AvgIpc) is 3.33. The van der Waals surface area contributed by atoms with Crippen LogP contribution in [0.1, 0.15) is 36.7 Å². The highest BCUT2D eigenvalue weighted by Crippen LogP contribution is 2.33. The lowest BCUT2D eigenvalue weighted by Gasteiger charge is -2.11. The molecule has 152 valence electrons. The lowest BCUT2D eigenvalue weighted by atomic mass is 10.1. The Kier molecular flexibility index (Phi) is 6.08. The second-order valence-electron chi connectivity index (χ2n) is 7.33. The fourth-order valence-corrected chi connectivity index (χ4v) is 4.52. The van der Waals surface area contributed by atoms with Gasteiger partial charge in [0.05, 0.1) is 15.7 Å². The first kappa shape index (κ1) is 19.8. The molecule has 0 atom stereocenters. The molecule has 4 aromatic rings. The van der Waals surface area contributed by atoms with Gasteiger partial charge in [-0.15, -0.1) is 11.3 Å². The van der Waals surface area contributed by atoms with Gasteiger partial charge in [-0.25, -0.2) is 9.97 Å². The number of hydrogen-bond acceptors (Lipinski definition) is 6. The van der Waals surface area contributed by atoms with E-state index in [1.807, 2.05) is 6.07 Å². The highest BCUT2D eigenvalue weighted by molar-refractivity contribution is 7.18. The third-order valence-electron chi connectivity index (χ3n) is 5.16. The Balaban J connectivity index is 1.71. The molecule has 0 fully saturated rings. The highest BCUT2D eigenvalue weighted by atomic mass is 32.1. The average molecular weight is 409 g/mol. The number of unbranched alkanes of at least 4 members (excludes halogenated alkanes) is 1. The van der Waals surface area contributed by atoms with Gasteiger partial charge in [-0.3, -0.25) is 0 Å². The van der Waals surface area contributed by atoms with Crippen molar-refractivity contribution in [2.24, 2.45) is 5.73 Å². The van der Waals surface area contributed by atoms with Crippen molar-refractivity contribution in [3.8, 4) is 0 Å². The molecule has 0 aliphatic rings. The first-order valence-corrected chi connectivity index (χ1v) is 11.1. The summed E-state index contributed by atoms with van der Waals surface area (Å²) in [5.41, 5.74) is 17.2. The lowest BCUT2D eigenvalue weighted by molar-refractivity contribution is 0.687. The molecule has 7 heteroatoms. The van der Waals surface area contributed by atoms with E-state index < -0.39 is 0 Å². The van der Waals surface area contributed by atoms with Crippen molar-refractivity contribution < 1.29 is 0 Å². The molecule has 6 nitrogen and oxygen atoms in total. The number of thiophene rings is 1. The van der Waals surface area contributed by atoms with Gasteiger partial charge < -0.3 is 21.4 Å². The number of nitrogens with one attached hydrogen (secondary N) is 1. The summed E-state index contributed by atoms with van der Waals surface area (Å²) < 4.78 is 3.50. The zero-order valence-electron chi connectivity index (χ0n) is 16.8. The van der Waals surface area contributed by atoms with E-state index in [9.17, 15) is 0 Å². The van der Waals surface area contributed by atoms with Crippen molar-refractivity contribution in [3.05, 3.63) is 52.7 Å². The van der Waals surface area contributed by atoms with E-state index in [-0.39, 0.29) is 0 Å². The number of hydrogen-bond donors (Lipinski definition) is 3. The second-order valence-corrected chi connectivity index (χ2v) is 8.25. The number of aromatic nitrogens is 3. The summed E-state index contributed by atoms with van der Waals surface area (Å²) in [7, 11) is 0. The highest BCUT2D eigenvalue weighted by Gasteiger charge is 2.18. The number of pyridine rings is 1. The van der Waals surface area contributed by atoms with Gasteiger partial charge in [-0.1, -0.05) is 37.6 Å². The topological polar surface area (TPSA) is 94.8 Å². The third kappa shape index (κ3) is 4.12. The molecule has 0 radical (unpaired) electrons. The monoisotopic (exact) mass is 408 g/mol. The van der Waals surface area contributed by atoms with Crippen molar-refractivity contribution >= 4 is 38.4 Å². The maximum Gasteiger partial charge on any atom is 0.152 e. The molecule has 0 bridgehead atoms. The van der Waals surface area contributed by atoms with E-state index in [1.165, 1.54) is 11.1 Å². The number of imidazole rings is 1. The van der Waals surface area contributed by atoms with Crippen molar-refractivity contribution in [1.29, 1.82) is 0 Å². The Morgan fingerprint density at radius 3 is 2.66 bits per heavy atom. The van der Waals surface area contributed by atoms with Crippen molar-refractivity contribution in [2.45, 2.75) is 39.3 Å². The van der Waals surface area contributed by atoms with Crippen LogP contribution in [0.2, 0.25) is 0 Å². The summed E-state index contributed by atoms with van der Waals surface area (Å²) in [5.74, 6) is 1.61. The number of rotatable bonds is 9. The molecule has 0 spiro atoms. The van der Waals surface area contributed by atoms with Crippen LogP contribution in [-0.2, 0) is 19.5 Å². The van der Waals surface area contributed by atoms with Gasteiger partial charge in [0.1, 0.15) is 11.3 Å². The maximum absolute atomic E-state index is 6.27. The summed E-state index contributed by atoms with van der Waals surface area (Å²) in [5, 5.41) is 5.41. The second kappa shape index (κ2) is 8.90. The maximum atomic E-state index is 6.27. The van der Waals surface area contributed by atoms with Crippen LogP contribution in [0.5, 0.6) is 0 Å². The van der Waals surface area contributed by atoms with Crippen LogP contribution >= 0.6 is 11.3 Å². The van der Waals surface area contributed by atoms with Crippen molar-refractivity contribution in [1.82, 2.24) is 19.9 Å². The molecule has 0 aliphatic carbocycles. The number of aryl methyl sites for hydroxylation is 1. The van der Waals surface area contributed by atoms with Crippen LogP contribution in [0.4, 0.5) is 5.82 Å². The van der Waals surface area contributed by atoms with Gasteiger partial charge in [-0.05, 0) is 29.0 Å². The Morgan fingerprint density at radius 2 is 1.90 bits per heavy atom. The molecular weight excluding hydrogens is 380 g/mol. The fourth-order valence-electron chi connectivity index (χ4n) is 3.63. The minimum Gasteiger partial charge on any atom is -0.382 e. The van der Waals surface area contributed by atoms with Crippen LogP contribution in [0.25, 0.3) is 21.3 Å². The molecule has 0 saturated carbocycles. The van der Waals surface area contributed by atoms with Crippen molar-refractivity contribution in [3.63, 3.8) is 0 Å². The number of nitrogen functional groups attached to an aromatic ring is 1. The summed E-state index contributed by atoms with van der Waals surface area (Å²) in [6.07, 6.45) is 3.18. The summed E-state index contributed by atoms with van der Waals surface area (Å²) in [6.45, 7) is 5.31. The molecule has 0 amide bonds. The van der Waals surface area contributed by atoms with E-state index in [0.29, 0.717) is 12.4 Å². The molecule has 3 aromatic heterocycles. The molecular formula is C22H28N6S. The first-order valence-electron chi connectivity index (χ1n) is 10.2. The molecule has 3 heterocycles. The van der Waals surface area contributed by atoms with Gasteiger partial charge in [0.15, 0.2) is 5.82 Å². The Morgan fingerprint density at radius 1 is 1.10 bits per heavy atom. The van der Waals surface area contributed by atoms with Crippen LogP contribution in [-0.4, -0.2) is 27.6 Å². The summed E-state index contributed by atoms with van der Waals surface area (Å²) in [4.78, 5) is 9.45. The number of benzene rings is 1. The van der Waals surface area contributed by atoms with Gasteiger partial charge in [0.2, 0.25) is 0 Å². The zero-order chi connectivity index (χ0) is 20.2. The van der Waals surface area contributed by atoms with Crippen LogP contribution in [0.3, 0.4) is 0 Å². The van der Waals surface area contributed by atoms with E-state index in [0.717, 1.165) is 66.0 Å². The molecule has 1 aromatic carbocycles. The molecule has 0 unspecified atom stereocenters. The SMILES string of the molecule is CCCCc1nc2c(N)nc3ccsc3c2n1Cc1ccc(CNCCN)cc1. The lowest BCUT2D eigenvalue weighted by Crippen LogP contribution is -2.21. The van der Waals surface area contributed by atoms with E-state index in [2.05, 4.69) is 51.4 Å². The largest absolute Gasteiger partial charge is 0.382 e. The summed E-state index contributed by atoms with van der Waals surface area (Å²) >= 11 is 1.70. The minimum atomic E-state index is 0.517. The van der Waals surface area contributed by atoms with Gasteiger partial charge in [-0.2, -0.15) is 0 Å². The van der Waals surface area contributed by atoms with Crippen LogP contribution in [0.15, 0.2) is 35.7 Å². The van der Waals surface area contributed by atoms with E-state index in [4.69, 9.17) is 16.5 Å². The van der Waals surface area contributed by atoms with Crippen molar-refractivity contribution in [2.75, 3.05) is 18.8 Å². The first-order chi connectivity index (χ1) is 14.2. The zero-order valence-corrected chi connectivity index (χ0v) is 17.6. The molecule has 5 N–H and O–H groups in total. The quantitative estimate of drug-likeness (QED) is 0.367. The number of nitrogens with zero attached hydrogens (tertiary/aromatic N) is 3. The van der Waals surface area contributed by atoms with E-state index in [1.54, 1.807) is 11.3 Å². The molecule has 0 saturated heterocycles. The predicted molar refractivity (Wildman–Crippen MR) is 122 cm³/mol. The normalized spacial score (nSPS) is 11.7.